The van der Waals surface area contributed by atoms with Gasteiger partial charge in [-0.2, -0.15) is 0 Å². The van der Waals surface area contributed by atoms with E-state index in [9.17, 15) is 4.79 Å². The van der Waals surface area contributed by atoms with Crippen molar-refractivity contribution in [3.05, 3.63) is 70.6 Å². The van der Waals surface area contributed by atoms with E-state index in [1.165, 1.54) is 0 Å². The number of hydrogen-bond acceptors (Lipinski definition) is 2. The highest BCUT2D eigenvalue weighted by Crippen LogP contribution is 2.10. The van der Waals surface area contributed by atoms with Crippen molar-refractivity contribution in [1.82, 2.24) is 14.7 Å². The predicted molar refractivity (Wildman–Crippen MR) is 82.6 cm³/mol. The van der Waals surface area contributed by atoms with Crippen LogP contribution in [-0.2, 0) is 6.54 Å². The van der Waals surface area contributed by atoms with E-state index < -0.39 is 0 Å². The zero-order chi connectivity index (χ0) is 14.8. The van der Waals surface area contributed by atoms with Crippen LogP contribution < -0.4 is 5.32 Å². The van der Waals surface area contributed by atoms with Crippen LogP contribution in [0.2, 0.25) is 5.02 Å². The van der Waals surface area contributed by atoms with Crippen LogP contribution in [-0.4, -0.2) is 15.3 Å². The van der Waals surface area contributed by atoms with E-state index in [2.05, 4.69) is 10.3 Å². The van der Waals surface area contributed by atoms with Crippen molar-refractivity contribution in [2.24, 2.45) is 0 Å². The number of carbonyl (C=O) groups excluding carboxylic acids is 1. The summed E-state index contributed by atoms with van der Waals surface area (Å²) in [5.74, 6) is -0.187. The van der Waals surface area contributed by atoms with E-state index in [0.717, 1.165) is 16.9 Å². The fourth-order valence-corrected chi connectivity index (χ4v) is 2.26. The Morgan fingerprint density at radius 1 is 1.24 bits per heavy atom. The highest BCUT2D eigenvalue weighted by Gasteiger charge is 2.11. The molecule has 3 rings (SSSR count). The smallest absolute Gasteiger partial charge is 0.271 e. The largest absolute Gasteiger partial charge is 0.347 e. The fraction of sp³-hybridized carbons (Fsp3) is 0.125. The van der Waals surface area contributed by atoms with Gasteiger partial charge in [0.1, 0.15) is 11.3 Å². The lowest BCUT2D eigenvalue weighted by Gasteiger charge is -2.03. The SMILES string of the molecule is Cc1cccc2nc(C(=O)NCc3ccc(Cl)cc3)cn12. The second-order valence-corrected chi connectivity index (χ2v) is 5.27. The summed E-state index contributed by atoms with van der Waals surface area (Å²) in [6, 6.07) is 13.2. The Balaban J connectivity index is 1.75. The number of hydrogen-bond donors (Lipinski definition) is 1. The van der Waals surface area contributed by atoms with E-state index in [-0.39, 0.29) is 5.91 Å². The molecule has 0 fully saturated rings. The molecule has 0 saturated heterocycles. The highest BCUT2D eigenvalue weighted by molar-refractivity contribution is 6.30. The molecule has 0 atom stereocenters. The van der Waals surface area contributed by atoms with Gasteiger partial charge in [-0.1, -0.05) is 29.8 Å². The first-order chi connectivity index (χ1) is 10.1. The number of nitrogens with zero attached hydrogens (tertiary/aromatic N) is 2. The van der Waals surface area contributed by atoms with Crippen LogP contribution >= 0.6 is 11.6 Å². The third-order valence-electron chi connectivity index (χ3n) is 3.29. The van der Waals surface area contributed by atoms with Crippen LogP contribution in [0.3, 0.4) is 0 Å². The maximum atomic E-state index is 12.2. The topological polar surface area (TPSA) is 46.4 Å². The zero-order valence-corrected chi connectivity index (χ0v) is 12.3. The molecule has 1 aromatic carbocycles. The molecule has 0 aliphatic heterocycles. The van der Waals surface area contributed by atoms with Gasteiger partial charge in [0.05, 0.1) is 0 Å². The van der Waals surface area contributed by atoms with Crippen LogP contribution in [0.1, 0.15) is 21.7 Å². The predicted octanol–water partition coefficient (Wildman–Crippen LogP) is 3.23. The molecule has 3 aromatic rings. The molecule has 0 bridgehead atoms. The minimum Gasteiger partial charge on any atom is -0.347 e. The van der Waals surface area contributed by atoms with Gasteiger partial charge < -0.3 is 9.72 Å². The number of aryl methyl sites for hydroxylation is 1. The third-order valence-corrected chi connectivity index (χ3v) is 3.55. The maximum Gasteiger partial charge on any atom is 0.271 e. The summed E-state index contributed by atoms with van der Waals surface area (Å²) in [5, 5.41) is 3.54. The lowest BCUT2D eigenvalue weighted by molar-refractivity contribution is 0.0946. The minimum atomic E-state index is -0.187. The Labute approximate surface area is 127 Å². The average molecular weight is 300 g/mol. The fourth-order valence-electron chi connectivity index (χ4n) is 2.13. The Kier molecular flexibility index (Phi) is 3.62. The number of aromatic nitrogens is 2. The Morgan fingerprint density at radius 3 is 2.71 bits per heavy atom. The van der Waals surface area contributed by atoms with Gasteiger partial charge in [0.25, 0.3) is 5.91 Å². The van der Waals surface area contributed by atoms with Crippen LogP contribution in [0.25, 0.3) is 5.65 Å². The van der Waals surface area contributed by atoms with Crippen molar-refractivity contribution >= 4 is 23.2 Å². The van der Waals surface area contributed by atoms with E-state index in [0.29, 0.717) is 17.3 Å². The Bertz CT molecular complexity index is 793. The molecule has 2 heterocycles. The molecule has 0 aliphatic rings. The van der Waals surface area contributed by atoms with Crippen molar-refractivity contribution in [1.29, 1.82) is 0 Å². The van der Waals surface area contributed by atoms with Gasteiger partial charge in [0, 0.05) is 23.5 Å². The first-order valence-corrected chi connectivity index (χ1v) is 6.98. The first-order valence-electron chi connectivity index (χ1n) is 6.61. The number of pyridine rings is 1. The lowest BCUT2D eigenvalue weighted by Crippen LogP contribution is -2.23. The minimum absolute atomic E-state index is 0.187. The van der Waals surface area contributed by atoms with Crippen LogP contribution in [0.5, 0.6) is 0 Å². The van der Waals surface area contributed by atoms with Gasteiger partial charge >= 0.3 is 0 Å². The molecule has 4 nitrogen and oxygen atoms in total. The van der Waals surface area contributed by atoms with Crippen LogP contribution in [0, 0.1) is 6.92 Å². The van der Waals surface area contributed by atoms with Gasteiger partial charge in [0.2, 0.25) is 0 Å². The van der Waals surface area contributed by atoms with Crippen LogP contribution in [0.15, 0.2) is 48.7 Å². The molecule has 5 heteroatoms. The summed E-state index contributed by atoms with van der Waals surface area (Å²) in [6.45, 7) is 2.42. The molecule has 0 spiro atoms. The van der Waals surface area contributed by atoms with Crippen molar-refractivity contribution in [3.8, 4) is 0 Å². The highest BCUT2D eigenvalue weighted by atomic mass is 35.5. The molecule has 0 aliphatic carbocycles. The molecule has 0 unspecified atom stereocenters. The number of nitrogens with one attached hydrogen (secondary N) is 1. The number of carbonyl (C=O) groups is 1. The van der Waals surface area contributed by atoms with E-state index in [1.54, 1.807) is 18.3 Å². The molecular formula is C16H14ClN3O. The third kappa shape index (κ3) is 2.90. The molecule has 1 N–H and O–H groups in total. The molecule has 0 radical (unpaired) electrons. The summed E-state index contributed by atoms with van der Waals surface area (Å²) in [4.78, 5) is 16.5. The average Bonchev–Trinajstić information content (AvgIpc) is 2.92. The number of rotatable bonds is 3. The van der Waals surface area contributed by atoms with Gasteiger partial charge in [-0.25, -0.2) is 4.98 Å². The molecular weight excluding hydrogens is 286 g/mol. The maximum absolute atomic E-state index is 12.2. The van der Waals surface area contributed by atoms with Gasteiger partial charge in [-0.15, -0.1) is 0 Å². The van der Waals surface area contributed by atoms with E-state index in [4.69, 9.17) is 11.6 Å². The number of halogens is 1. The van der Waals surface area contributed by atoms with E-state index in [1.807, 2.05) is 41.7 Å². The normalized spacial score (nSPS) is 10.8. The number of amides is 1. The standard InChI is InChI=1S/C16H14ClN3O/c1-11-3-2-4-15-19-14(10-20(11)15)16(21)18-9-12-5-7-13(17)8-6-12/h2-8,10H,9H2,1H3,(H,18,21). The Hall–Kier alpha value is -2.33. The number of imidazole rings is 1. The molecule has 0 saturated carbocycles. The van der Waals surface area contributed by atoms with Crippen molar-refractivity contribution in [3.63, 3.8) is 0 Å². The second kappa shape index (κ2) is 5.58. The van der Waals surface area contributed by atoms with Gasteiger partial charge in [0.15, 0.2) is 0 Å². The van der Waals surface area contributed by atoms with Crippen LogP contribution in [0.4, 0.5) is 0 Å². The monoisotopic (exact) mass is 299 g/mol. The zero-order valence-electron chi connectivity index (χ0n) is 11.5. The summed E-state index contributed by atoms with van der Waals surface area (Å²) in [6.07, 6.45) is 1.75. The summed E-state index contributed by atoms with van der Waals surface area (Å²) in [5.41, 5.74) is 3.22. The first kappa shape index (κ1) is 13.6. The van der Waals surface area contributed by atoms with Crippen molar-refractivity contribution in [2.45, 2.75) is 13.5 Å². The molecule has 106 valence electrons. The number of fused-ring (bicyclic) bond motifs is 1. The molecule has 21 heavy (non-hydrogen) atoms. The Morgan fingerprint density at radius 2 is 2.00 bits per heavy atom. The summed E-state index contributed by atoms with van der Waals surface area (Å²) >= 11 is 5.83. The van der Waals surface area contributed by atoms with Crippen molar-refractivity contribution in [2.75, 3.05) is 0 Å². The molecule has 1 amide bonds. The quantitative estimate of drug-likeness (QED) is 0.807. The summed E-state index contributed by atoms with van der Waals surface area (Å²) in [7, 11) is 0. The van der Waals surface area contributed by atoms with Gasteiger partial charge in [-0.05, 0) is 36.8 Å². The lowest BCUT2D eigenvalue weighted by atomic mass is 10.2. The van der Waals surface area contributed by atoms with Crippen molar-refractivity contribution < 1.29 is 4.79 Å². The van der Waals surface area contributed by atoms with Gasteiger partial charge in [-0.3, -0.25) is 4.79 Å². The number of benzene rings is 1. The molecule has 2 aromatic heterocycles. The summed E-state index contributed by atoms with van der Waals surface area (Å²) < 4.78 is 1.90. The second-order valence-electron chi connectivity index (χ2n) is 4.83. The van der Waals surface area contributed by atoms with E-state index >= 15 is 0 Å².